The van der Waals surface area contributed by atoms with Gasteiger partial charge in [-0.2, -0.15) is 0 Å². The van der Waals surface area contributed by atoms with Gasteiger partial charge in [0.1, 0.15) is 0 Å². The summed E-state index contributed by atoms with van der Waals surface area (Å²) < 4.78 is 7.18. The summed E-state index contributed by atoms with van der Waals surface area (Å²) in [6.07, 6.45) is 0.666. The maximum absolute atomic E-state index is 12.5. The second kappa shape index (κ2) is 7.45. The molecule has 0 saturated heterocycles. The van der Waals surface area contributed by atoms with Gasteiger partial charge in [-0.05, 0) is 32.0 Å². The van der Waals surface area contributed by atoms with Crippen LogP contribution >= 0.6 is 0 Å². The lowest BCUT2D eigenvalue weighted by Crippen LogP contribution is -2.30. The van der Waals surface area contributed by atoms with Crippen molar-refractivity contribution in [1.29, 1.82) is 0 Å². The van der Waals surface area contributed by atoms with Crippen molar-refractivity contribution >= 4 is 34.3 Å². The molecule has 0 saturated carbocycles. The second-order valence-electron chi connectivity index (χ2n) is 6.31. The topological polar surface area (TPSA) is 77.4 Å². The molecular formula is C21H20N2O4. The predicted molar refractivity (Wildman–Crippen MR) is 103 cm³/mol. The molecule has 138 valence electrons. The summed E-state index contributed by atoms with van der Waals surface area (Å²) >= 11 is 0. The number of hydrogen-bond donors (Lipinski definition) is 1. The van der Waals surface area contributed by atoms with Crippen LogP contribution in [0, 0.1) is 0 Å². The Balaban J connectivity index is 1.75. The molecule has 0 aliphatic carbocycles. The first-order valence-corrected chi connectivity index (χ1v) is 8.54. The summed E-state index contributed by atoms with van der Waals surface area (Å²) in [5.74, 6) is -1.24. The zero-order valence-electron chi connectivity index (χ0n) is 15.4. The fraction of sp³-hybridized carbons (Fsp3) is 0.190. The molecule has 0 aliphatic heterocycles. The van der Waals surface area contributed by atoms with Gasteiger partial charge in [0.25, 0.3) is 5.91 Å². The predicted octanol–water partition coefficient (Wildman–Crippen LogP) is 3.56. The number of Topliss-reactive ketones (excluding diaryl/α,β-unsaturated/α-hetero) is 1. The molecule has 1 atom stereocenters. The van der Waals surface area contributed by atoms with E-state index in [1.807, 2.05) is 35.9 Å². The van der Waals surface area contributed by atoms with E-state index in [4.69, 9.17) is 4.74 Å². The molecule has 0 aliphatic rings. The number of carbonyl (C=O) groups is 3. The third kappa shape index (κ3) is 3.74. The quantitative estimate of drug-likeness (QED) is 0.555. The Bertz CT molecular complexity index is 1040. The van der Waals surface area contributed by atoms with Gasteiger partial charge in [-0.1, -0.05) is 30.3 Å². The standard InChI is InChI=1S/C21H20N2O4/c1-13(24)15-8-4-6-10-18(15)22-20(25)14(2)27-21(26)17-12-23(3)19-11-7-5-9-16(17)19/h4-12,14H,1-3H3,(H,22,25). The Kier molecular flexibility index (Phi) is 5.07. The van der Waals surface area contributed by atoms with Gasteiger partial charge >= 0.3 is 5.97 Å². The number of carbonyl (C=O) groups excluding carboxylic acids is 3. The summed E-state index contributed by atoms with van der Waals surface area (Å²) in [5, 5.41) is 3.41. The monoisotopic (exact) mass is 364 g/mol. The van der Waals surface area contributed by atoms with Gasteiger partial charge in [-0.25, -0.2) is 4.79 Å². The van der Waals surface area contributed by atoms with Crippen molar-refractivity contribution in [3.63, 3.8) is 0 Å². The summed E-state index contributed by atoms with van der Waals surface area (Å²) in [4.78, 5) is 36.6. The number of rotatable bonds is 5. The van der Waals surface area contributed by atoms with Crippen molar-refractivity contribution in [3.05, 3.63) is 65.9 Å². The van der Waals surface area contributed by atoms with E-state index in [9.17, 15) is 14.4 Å². The minimum atomic E-state index is -1.02. The molecule has 6 nitrogen and oxygen atoms in total. The molecular weight excluding hydrogens is 344 g/mol. The molecule has 3 aromatic rings. The van der Waals surface area contributed by atoms with Crippen LogP contribution in [0.15, 0.2) is 54.7 Å². The minimum Gasteiger partial charge on any atom is -0.449 e. The van der Waals surface area contributed by atoms with Crippen molar-refractivity contribution in [3.8, 4) is 0 Å². The van der Waals surface area contributed by atoms with E-state index in [-0.39, 0.29) is 5.78 Å². The van der Waals surface area contributed by atoms with Crippen molar-refractivity contribution in [2.24, 2.45) is 7.05 Å². The Labute approximate surface area is 156 Å². The number of nitrogens with one attached hydrogen (secondary N) is 1. The highest BCUT2D eigenvalue weighted by molar-refractivity contribution is 6.07. The lowest BCUT2D eigenvalue weighted by Gasteiger charge is -2.14. The van der Waals surface area contributed by atoms with Crippen LogP contribution in [-0.2, 0) is 16.6 Å². The Morgan fingerprint density at radius 2 is 1.67 bits per heavy atom. The van der Waals surface area contributed by atoms with E-state index in [0.29, 0.717) is 16.8 Å². The van der Waals surface area contributed by atoms with Crippen LogP contribution in [-0.4, -0.2) is 28.3 Å². The average Bonchev–Trinajstić information content (AvgIpc) is 2.99. The summed E-state index contributed by atoms with van der Waals surface area (Å²) in [5.41, 5.74) is 2.09. The van der Waals surface area contributed by atoms with Gasteiger partial charge in [0.15, 0.2) is 11.9 Å². The number of nitrogens with zero attached hydrogens (tertiary/aromatic N) is 1. The molecule has 6 heteroatoms. The molecule has 27 heavy (non-hydrogen) atoms. The number of benzene rings is 2. The molecule has 1 aromatic heterocycles. The van der Waals surface area contributed by atoms with Crippen molar-refractivity contribution in [2.75, 3.05) is 5.32 Å². The van der Waals surface area contributed by atoms with E-state index in [2.05, 4.69) is 5.32 Å². The highest BCUT2D eigenvalue weighted by Gasteiger charge is 2.22. The third-order valence-electron chi connectivity index (χ3n) is 4.33. The summed E-state index contributed by atoms with van der Waals surface area (Å²) in [6, 6.07) is 14.2. The molecule has 1 N–H and O–H groups in total. The van der Waals surface area contributed by atoms with Gasteiger partial charge in [0.05, 0.1) is 11.3 Å². The molecule has 0 fully saturated rings. The first kappa shape index (κ1) is 18.4. The highest BCUT2D eigenvalue weighted by Crippen LogP contribution is 2.22. The van der Waals surface area contributed by atoms with E-state index < -0.39 is 18.0 Å². The number of fused-ring (bicyclic) bond motifs is 1. The second-order valence-corrected chi connectivity index (χ2v) is 6.31. The minimum absolute atomic E-state index is 0.161. The number of amides is 1. The molecule has 2 aromatic carbocycles. The van der Waals surface area contributed by atoms with Crippen LogP contribution in [0.4, 0.5) is 5.69 Å². The van der Waals surface area contributed by atoms with Crippen LogP contribution < -0.4 is 5.32 Å². The van der Waals surface area contributed by atoms with Gasteiger partial charge in [0.2, 0.25) is 0 Å². The van der Waals surface area contributed by atoms with Crippen LogP contribution in [0.2, 0.25) is 0 Å². The number of para-hydroxylation sites is 2. The van der Waals surface area contributed by atoms with Crippen LogP contribution in [0.3, 0.4) is 0 Å². The fourth-order valence-corrected chi connectivity index (χ4v) is 2.92. The number of aryl methyl sites for hydroxylation is 1. The van der Waals surface area contributed by atoms with Crippen molar-refractivity contribution < 1.29 is 19.1 Å². The SMILES string of the molecule is CC(=O)c1ccccc1NC(=O)C(C)OC(=O)c1cn(C)c2ccccc12. The maximum atomic E-state index is 12.5. The van der Waals surface area contributed by atoms with Crippen LogP contribution in [0.5, 0.6) is 0 Å². The number of aromatic nitrogens is 1. The summed E-state index contributed by atoms with van der Waals surface area (Å²) in [7, 11) is 1.84. The molecule has 0 spiro atoms. The lowest BCUT2D eigenvalue weighted by molar-refractivity contribution is -0.123. The van der Waals surface area contributed by atoms with Crippen molar-refractivity contribution in [2.45, 2.75) is 20.0 Å². The Morgan fingerprint density at radius 1 is 1.00 bits per heavy atom. The van der Waals surface area contributed by atoms with Gasteiger partial charge < -0.3 is 14.6 Å². The van der Waals surface area contributed by atoms with E-state index in [1.165, 1.54) is 13.8 Å². The molecule has 0 bridgehead atoms. The zero-order valence-corrected chi connectivity index (χ0v) is 15.4. The first-order valence-electron chi connectivity index (χ1n) is 8.54. The average molecular weight is 364 g/mol. The van der Waals surface area contributed by atoms with E-state index in [1.54, 1.807) is 30.5 Å². The third-order valence-corrected chi connectivity index (χ3v) is 4.33. The number of hydrogen-bond acceptors (Lipinski definition) is 4. The Hall–Kier alpha value is -3.41. The number of esters is 1. The number of ketones is 1. The zero-order chi connectivity index (χ0) is 19.6. The van der Waals surface area contributed by atoms with E-state index >= 15 is 0 Å². The molecule has 1 unspecified atom stereocenters. The van der Waals surface area contributed by atoms with E-state index in [0.717, 1.165) is 10.9 Å². The molecule has 3 rings (SSSR count). The molecule has 1 amide bonds. The van der Waals surface area contributed by atoms with Crippen molar-refractivity contribution in [1.82, 2.24) is 4.57 Å². The Morgan fingerprint density at radius 3 is 2.41 bits per heavy atom. The van der Waals surface area contributed by atoms with Crippen LogP contribution in [0.1, 0.15) is 34.6 Å². The lowest BCUT2D eigenvalue weighted by atomic mass is 10.1. The largest absolute Gasteiger partial charge is 0.449 e. The normalized spacial score (nSPS) is 11.8. The highest BCUT2D eigenvalue weighted by atomic mass is 16.5. The van der Waals surface area contributed by atoms with Gasteiger partial charge in [-0.3, -0.25) is 9.59 Å². The molecule has 0 radical (unpaired) electrons. The first-order chi connectivity index (χ1) is 12.9. The van der Waals surface area contributed by atoms with Crippen LogP contribution in [0.25, 0.3) is 10.9 Å². The summed E-state index contributed by atoms with van der Waals surface area (Å²) in [6.45, 7) is 2.92. The van der Waals surface area contributed by atoms with Gasteiger partial charge in [-0.15, -0.1) is 0 Å². The fourth-order valence-electron chi connectivity index (χ4n) is 2.92. The van der Waals surface area contributed by atoms with Gasteiger partial charge in [0, 0.05) is 29.7 Å². The number of ether oxygens (including phenoxy) is 1. The number of anilines is 1. The smallest absolute Gasteiger partial charge is 0.341 e. The maximum Gasteiger partial charge on any atom is 0.341 e. The molecule has 1 heterocycles.